The number of aromatic hydroxyl groups is 1. The van der Waals surface area contributed by atoms with E-state index in [2.05, 4.69) is 16.4 Å². The van der Waals surface area contributed by atoms with Gasteiger partial charge in [0.1, 0.15) is 17.1 Å². The number of rotatable bonds is 2. The molecule has 112 valence electrons. The van der Waals surface area contributed by atoms with Crippen molar-refractivity contribution in [2.45, 2.75) is 0 Å². The standard InChI is InChI=1S/C18H14N4O/c19-18-17(14-10-9-12-5-1-2-6-13(12)11-14)20-21-22(18)15-7-3-4-8-16(15)23/h1-11,23H,19H2. The zero-order valence-corrected chi connectivity index (χ0v) is 12.2. The summed E-state index contributed by atoms with van der Waals surface area (Å²) in [5, 5.41) is 20.5. The molecule has 0 amide bonds. The maximum absolute atomic E-state index is 9.97. The van der Waals surface area contributed by atoms with Crippen molar-refractivity contribution in [2.75, 3.05) is 5.73 Å². The van der Waals surface area contributed by atoms with Crippen molar-refractivity contribution >= 4 is 16.6 Å². The van der Waals surface area contributed by atoms with Crippen LogP contribution in [0, 0.1) is 0 Å². The minimum absolute atomic E-state index is 0.106. The summed E-state index contributed by atoms with van der Waals surface area (Å²) in [7, 11) is 0. The van der Waals surface area contributed by atoms with Crippen LogP contribution in [0.1, 0.15) is 0 Å². The van der Waals surface area contributed by atoms with E-state index in [0.29, 0.717) is 17.2 Å². The van der Waals surface area contributed by atoms with Crippen LogP contribution in [0.3, 0.4) is 0 Å². The number of hydrogen-bond acceptors (Lipinski definition) is 4. The molecule has 0 aliphatic heterocycles. The summed E-state index contributed by atoms with van der Waals surface area (Å²) in [4.78, 5) is 0. The van der Waals surface area contributed by atoms with Crippen LogP contribution in [0.5, 0.6) is 5.75 Å². The van der Waals surface area contributed by atoms with E-state index in [4.69, 9.17) is 5.73 Å². The largest absolute Gasteiger partial charge is 0.506 e. The van der Waals surface area contributed by atoms with Gasteiger partial charge in [0.15, 0.2) is 5.82 Å². The van der Waals surface area contributed by atoms with E-state index >= 15 is 0 Å². The first-order valence-electron chi connectivity index (χ1n) is 7.23. The molecule has 0 saturated carbocycles. The fraction of sp³-hybridized carbons (Fsp3) is 0. The molecule has 0 atom stereocenters. The molecule has 1 heterocycles. The number of hydrogen-bond donors (Lipinski definition) is 2. The van der Waals surface area contributed by atoms with Crippen LogP contribution in [0.25, 0.3) is 27.7 Å². The average molecular weight is 302 g/mol. The second-order valence-corrected chi connectivity index (χ2v) is 5.29. The van der Waals surface area contributed by atoms with Crippen LogP contribution in [0.2, 0.25) is 0 Å². The van der Waals surface area contributed by atoms with E-state index < -0.39 is 0 Å². The number of anilines is 1. The molecule has 4 rings (SSSR count). The number of nitrogens with two attached hydrogens (primary N) is 1. The fourth-order valence-electron chi connectivity index (χ4n) is 2.65. The maximum atomic E-state index is 9.97. The molecular formula is C18H14N4O. The summed E-state index contributed by atoms with van der Waals surface area (Å²) in [5.74, 6) is 0.496. The summed E-state index contributed by atoms with van der Waals surface area (Å²) in [6.07, 6.45) is 0. The Kier molecular flexibility index (Phi) is 2.98. The zero-order chi connectivity index (χ0) is 15.8. The lowest BCUT2D eigenvalue weighted by Gasteiger charge is -2.06. The van der Waals surface area contributed by atoms with E-state index in [9.17, 15) is 5.11 Å². The third-order valence-corrected chi connectivity index (χ3v) is 3.84. The summed E-state index contributed by atoms with van der Waals surface area (Å²) in [6, 6.07) is 21.0. The Bertz CT molecular complexity index is 1010. The van der Waals surface area contributed by atoms with Crippen molar-refractivity contribution in [2.24, 2.45) is 0 Å². The summed E-state index contributed by atoms with van der Waals surface area (Å²) < 4.78 is 1.44. The van der Waals surface area contributed by atoms with Gasteiger partial charge < -0.3 is 10.8 Å². The van der Waals surface area contributed by atoms with Gasteiger partial charge in [-0.3, -0.25) is 0 Å². The minimum Gasteiger partial charge on any atom is -0.506 e. The Labute approximate surface area is 132 Å². The molecule has 0 spiro atoms. The highest BCUT2D eigenvalue weighted by Crippen LogP contribution is 2.30. The SMILES string of the molecule is Nc1c(-c2ccc3ccccc3c2)nnn1-c1ccccc1O. The van der Waals surface area contributed by atoms with E-state index in [1.807, 2.05) is 42.5 Å². The lowest BCUT2D eigenvalue weighted by Crippen LogP contribution is -2.02. The van der Waals surface area contributed by atoms with Gasteiger partial charge >= 0.3 is 0 Å². The highest BCUT2D eigenvalue weighted by atomic mass is 16.3. The molecule has 5 heteroatoms. The molecule has 23 heavy (non-hydrogen) atoms. The van der Waals surface area contributed by atoms with E-state index in [0.717, 1.165) is 16.3 Å². The van der Waals surface area contributed by atoms with E-state index in [1.165, 1.54) is 4.68 Å². The van der Waals surface area contributed by atoms with Gasteiger partial charge in [-0.2, -0.15) is 4.68 Å². The first-order valence-corrected chi connectivity index (χ1v) is 7.23. The fourth-order valence-corrected chi connectivity index (χ4v) is 2.65. The number of fused-ring (bicyclic) bond motifs is 1. The van der Waals surface area contributed by atoms with Gasteiger partial charge in [0.05, 0.1) is 0 Å². The molecule has 3 aromatic carbocycles. The molecule has 1 aromatic heterocycles. The van der Waals surface area contributed by atoms with Crippen LogP contribution < -0.4 is 5.73 Å². The van der Waals surface area contributed by atoms with Gasteiger partial charge in [-0.1, -0.05) is 53.7 Å². The number of nitrogen functional groups attached to an aromatic ring is 1. The van der Waals surface area contributed by atoms with Gasteiger partial charge in [-0.15, -0.1) is 5.10 Å². The third-order valence-electron chi connectivity index (χ3n) is 3.84. The Morgan fingerprint density at radius 1 is 0.870 bits per heavy atom. The van der Waals surface area contributed by atoms with Crippen molar-refractivity contribution in [3.63, 3.8) is 0 Å². The Morgan fingerprint density at radius 2 is 1.61 bits per heavy atom. The number of nitrogens with zero attached hydrogens (tertiary/aromatic N) is 3. The lowest BCUT2D eigenvalue weighted by atomic mass is 10.1. The zero-order valence-electron chi connectivity index (χ0n) is 12.2. The molecule has 0 radical (unpaired) electrons. The Morgan fingerprint density at radius 3 is 2.43 bits per heavy atom. The number of benzene rings is 3. The van der Waals surface area contributed by atoms with Gasteiger partial charge in [0, 0.05) is 5.56 Å². The van der Waals surface area contributed by atoms with Gasteiger partial charge in [0.2, 0.25) is 0 Å². The maximum Gasteiger partial charge on any atom is 0.156 e. The van der Waals surface area contributed by atoms with Gasteiger partial charge in [0.25, 0.3) is 0 Å². The second kappa shape index (κ2) is 5.14. The summed E-state index contributed by atoms with van der Waals surface area (Å²) in [6.45, 7) is 0. The average Bonchev–Trinajstić information content (AvgIpc) is 2.96. The van der Waals surface area contributed by atoms with E-state index in [-0.39, 0.29) is 5.75 Å². The van der Waals surface area contributed by atoms with Crippen LogP contribution in [-0.2, 0) is 0 Å². The van der Waals surface area contributed by atoms with Crippen molar-refractivity contribution < 1.29 is 5.11 Å². The first-order chi connectivity index (χ1) is 11.2. The molecule has 0 aliphatic carbocycles. The van der Waals surface area contributed by atoms with Crippen molar-refractivity contribution in [3.05, 3.63) is 66.7 Å². The smallest absolute Gasteiger partial charge is 0.156 e. The minimum atomic E-state index is 0.106. The van der Waals surface area contributed by atoms with Crippen LogP contribution in [0.15, 0.2) is 66.7 Å². The molecule has 0 aliphatic rings. The summed E-state index contributed by atoms with van der Waals surface area (Å²) in [5.41, 5.74) is 8.20. The van der Waals surface area contributed by atoms with Crippen LogP contribution in [0.4, 0.5) is 5.82 Å². The lowest BCUT2D eigenvalue weighted by molar-refractivity contribution is 0.470. The molecule has 3 N–H and O–H groups in total. The van der Waals surface area contributed by atoms with Gasteiger partial charge in [-0.25, -0.2) is 0 Å². The molecule has 0 saturated heterocycles. The highest BCUT2D eigenvalue weighted by molar-refractivity contribution is 5.88. The number of phenolic OH excluding ortho intramolecular Hbond substituents is 1. The van der Waals surface area contributed by atoms with Crippen molar-refractivity contribution in [1.29, 1.82) is 0 Å². The van der Waals surface area contributed by atoms with Crippen molar-refractivity contribution in [3.8, 4) is 22.7 Å². The predicted molar refractivity (Wildman–Crippen MR) is 90.4 cm³/mol. The molecule has 5 nitrogen and oxygen atoms in total. The van der Waals surface area contributed by atoms with Crippen molar-refractivity contribution in [1.82, 2.24) is 15.0 Å². The number of aromatic nitrogens is 3. The Balaban J connectivity index is 1.85. The second-order valence-electron chi connectivity index (χ2n) is 5.29. The van der Waals surface area contributed by atoms with Gasteiger partial charge in [-0.05, 0) is 29.0 Å². The topological polar surface area (TPSA) is 77.0 Å². The third kappa shape index (κ3) is 2.19. The molecule has 0 fully saturated rings. The molecule has 4 aromatic rings. The monoisotopic (exact) mass is 302 g/mol. The Hall–Kier alpha value is -3.34. The molecule has 0 unspecified atom stereocenters. The first kappa shape index (κ1) is 13.3. The molecular weight excluding hydrogens is 288 g/mol. The van der Waals surface area contributed by atoms with Crippen LogP contribution >= 0.6 is 0 Å². The summed E-state index contributed by atoms with van der Waals surface area (Å²) >= 11 is 0. The predicted octanol–water partition coefficient (Wildman–Crippen LogP) is 3.38. The van der Waals surface area contributed by atoms with Crippen LogP contribution in [-0.4, -0.2) is 20.1 Å². The van der Waals surface area contributed by atoms with E-state index in [1.54, 1.807) is 18.2 Å². The quantitative estimate of drug-likeness (QED) is 0.595. The molecule has 0 bridgehead atoms. The highest BCUT2D eigenvalue weighted by Gasteiger charge is 2.15. The number of phenols is 1. The number of para-hydroxylation sites is 2. The normalized spacial score (nSPS) is 11.0.